The van der Waals surface area contributed by atoms with Gasteiger partial charge in [-0.1, -0.05) is 19.1 Å². The Balaban J connectivity index is 2.01. The van der Waals surface area contributed by atoms with E-state index in [-0.39, 0.29) is 11.6 Å². The number of benzene rings is 1. The molecule has 1 aromatic rings. The second kappa shape index (κ2) is 6.99. The van der Waals surface area contributed by atoms with Crippen LogP contribution in [-0.2, 0) is 4.79 Å². The first-order chi connectivity index (χ1) is 10.1. The molecular weight excluding hydrogens is 270 g/mol. The lowest BCUT2D eigenvalue weighted by atomic mass is 10.1. The van der Waals surface area contributed by atoms with E-state index in [0.717, 1.165) is 19.6 Å². The van der Waals surface area contributed by atoms with E-state index in [9.17, 15) is 14.9 Å². The topological polar surface area (TPSA) is 66.7 Å². The average molecular weight is 289 g/mol. The molecule has 1 heterocycles. The van der Waals surface area contributed by atoms with Crippen molar-refractivity contribution in [2.45, 2.75) is 6.92 Å². The lowest BCUT2D eigenvalue weighted by Crippen LogP contribution is -2.48. The molecule has 1 aliphatic heterocycles. The number of nitrogens with zero attached hydrogens (tertiary/aromatic N) is 3. The Morgan fingerprint density at radius 3 is 2.57 bits per heavy atom. The molecule has 0 unspecified atom stereocenters. The zero-order valence-corrected chi connectivity index (χ0v) is 12.1. The maximum atomic E-state index is 12.1. The van der Waals surface area contributed by atoms with E-state index in [4.69, 9.17) is 0 Å². The lowest BCUT2D eigenvalue weighted by Gasteiger charge is -2.33. The molecule has 0 bridgehead atoms. The number of nitro groups is 1. The van der Waals surface area contributed by atoms with Crippen LogP contribution in [0.5, 0.6) is 0 Å². The minimum atomic E-state index is -0.440. The summed E-state index contributed by atoms with van der Waals surface area (Å²) in [6, 6.07) is 6.40. The molecule has 112 valence electrons. The van der Waals surface area contributed by atoms with E-state index in [0.29, 0.717) is 18.7 Å². The van der Waals surface area contributed by atoms with Gasteiger partial charge in [-0.3, -0.25) is 14.9 Å². The number of carbonyl (C=O) groups is 1. The van der Waals surface area contributed by atoms with E-state index in [1.807, 2.05) is 0 Å². The second-order valence-corrected chi connectivity index (χ2v) is 4.91. The molecule has 1 fully saturated rings. The summed E-state index contributed by atoms with van der Waals surface area (Å²) < 4.78 is 0. The highest BCUT2D eigenvalue weighted by atomic mass is 16.6. The second-order valence-electron chi connectivity index (χ2n) is 4.91. The van der Waals surface area contributed by atoms with Gasteiger partial charge in [0.15, 0.2) is 0 Å². The van der Waals surface area contributed by atoms with Crippen LogP contribution in [0.25, 0.3) is 6.08 Å². The minimum absolute atomic E-state index is 0.0114. The van der Waals surface area contributed by atoms with Crippen molar-refractivity contribution in [1.82, 2.24) is 9.80 Å². The van der Waals surface area contributed by atoms with Crippen LogP contribution in [0.1, 0.15) is 12.5 Å². The third kappa shape index (κ3) is 3.88. The Hall–Kier alpha value is -2.21. The van der Waals surface area contributed by atoms with E-state index in [2.05, 4.69) is 11.8 Å². The number of nitro benzene ring substituents is 1. The number of likely N-dealkylation sites (N-methyl/N-ethyl adjacent to an activating group) is 1. The maximum Gasteiger partial charge on any atom is 0.276 e. The summed E-state index contributed by atoms with van der Waals surface area (Å²) >= 11 is 0. The summed E-state index contributed by atoms with van der Waals surface area (Å²) in [5.41, 5.74) is 0.459. The van der Waals surface area contributed by atoms with Crippen LogP contribution < -0.4 is 0 Å². The molecule has 0 aliphatic carbocycles. The fraction of sp³-hybridized carbons (Fsp3) is 0.400. The number of amides is 1. The summed E-state index contributed by atoms with van der Waals surface area (Å²) in [5, 5.41) is 10.9. The van der Waals surface area contributed by atoms with Gasteiger partial charge >= 0.3 is 0 Å². The van der Waals surface area contributed by atoms with Crippen molar-refractivity contribution in [2.75, 3.05) is 32.7 Å². The Labute approximate surface area is 123 Å². The number of hydrogen-bond donors (Lipinski definition) is 0. The molecule has 0 aromatic heterocycles. The molecule has 0 radical (unpaired) electrons. The highest BCUT2D eigenvalue weighted by Gasteiger charge is 2.18. The van der Waals surface area contributed by atoms with E-state index < -0.39 is 4.92 Å². The van der Waals surface area contributed by atoms with E-state index >= 15 is 0 Å². The Bertz CT molecular complexity index is 549. The standard InChI is InChI=1S/C15H19N3O3/c1-2-16-9-11-17(12-10-16)15(19)8-7-13-5-3-4-6-14(13)18(20)21/h3-8H,2,9-12H2,1H3/b8-7+. The number of rotatable bonds is 4. The number of para-hydroxylation sites is 1. The van der Waals surface area contributed by atoms with Gasteiger partial charge in [-0.25, -0.2) is 0 Å². The van der Waals surface area contributed by atoms with Crippen LogP contribution in [-0.4, -0.2) is 53.4 Å². The van der Waals surface area contributed by atoms with Crippen molar-refractivity contribution in [3.05, 3.63) is 46.0 Å². The Morgan fingerprint density at radius 1 is 1.29 bits per heavy atom. The van der Waals surface area contributed by atoms with Gasteiger partial charge in [0, 0.05) is 38.3 Å². The van der Waals surface area contributed by atoms with Crippen molar-refractivity contribution in [1.29, 1.82) is 0 Å². The summed E-state index contributed by atoms with van der Waals surface area (Å²) in [4.78, 5) is 26.6. The molecule has 0 saturated carbocycles. The lowest BCUT2D eigenvalue weighted by molar-refractivity contribution is -0.385. The molecule has 0 N–H and O–H groups in total. The van der Waals surface area contributed by atoms with E-state index in [1.54, 1.807) is 23.1 Å². The summed E-state index contributed by atoms with van der Waals surface area (Å²) in [6.45, 7) is 6.25. The minimum Gasteiger partial charge on any atom is -0.337 e. The Morgan fingerprint density at radius 2 is 1.95 bits per heavy atom. The summed E-state index contributed by atoms with van der Waals surface area (Å²) in [5.74, 6) is -0.0936. The highest BCUT2D eigenvalue weighted by Crippen LogP contribution is 2.19. The fourth-order valence-electron chi connectivity index (χ4n) is 2.35. The van der Waals surface area contributed by atoms with Gasteiger partial charge in [0.1, 0.15) is 0 Å². The van der Waals surface area contributed by atoms with Gasteiger partial charge in [0.2, 0.25) is 5.91 Å². The van der Waals surface area contributed by atoms with Gasteiger partial charge in [-0.2, -0.15) is 0 Å². The normalized spacial score (nSPS) is 16.3. The van der Waals surface area contributed by atoms with Crippen LogP contribution in [0.3, 0.4) is 0 Å². The third-order valence-electron chi connectivity index (χ3n) is 3.67. The molecule has 1 amide bonds. The highest BCUT2D eigenvalue weighted by molar-refractivity contribution is 5.92. The summed E-state index contributed by atoms with van der Waals surface area (Å²) in [7, 11) is 0. The van der Waals surface area contributed by atoms with E-state index in [1.165, 1.54) is 18.2 Å². The molecule has 1 aromatic carbocycles. The number of carbonyl (C=O) groups excluding carboxylic acids is 1. The van der Waals surface area contributed by atoms with Gasteiger partial charge in [0.25, 0.3) is 5.69 Å². The van der Waals surface area contributed by atoms with Crippen LogP contribution >= 0.6 is 0 Å². The van der Waals surface area contributed by atoms with Gasteiger partial charge in [-0.15, -0.1) is 0 Å². The molecule has 2 rings (SSSR count). The molecule has 6 nitrogen and oxygen atoms in total. The van der Waals surface area contributed by atoms with Gasteiger partial charge in [0.05, 0.1) is 10.5 Å². The number of hydrogen-bond acceptors (Lipinski definition) is 4. The zero-order chi connectivity index (χ0) is 15.2. The molecule has 1 saturated heterocycles. The van der Waals surface area contributed by atoms with Crippen molar-refractivity contribution < 1.29 is 9.72 Å². The monoisotopic (exact) mass is 289 g/mol. The van der Waals surface area contributed by atoms with Gasteiger partial charge in [-0.05, 0) is 18.7 Å². The zero-order valence-electron chi connectivity index (χ0n) is 12.1. The molecule has 0 spiro atoms. The Kier molecular flexibility index (Phi) is 5.05. The molecule has 6 heteroatoms. The van der Waals surface area contributed by atoms with Crippen LogP contribution in [0.4, 0.5) is 5.69 Å². The van der Waals surface area contributed by atoms with Crippen molar-refractivity contribution >= 4 is 17.7 Å². The maximum absolute atomic E-state index is 12.1. The predicted octanol–water partition coefficient (Wildman–Crippen LogP) is 1.77. The average Bonchev–Trinajstić information content (AvgIpc) is 2.52. The van der Waals surface area contributed by atoms with Crippen molar-refractivity contribution in [3.8, 4) is 0 Å². The quantitative estimate of drug-likeness (QED) is 0.481. The SMILES string of the molecule is CCN1CCN(C(=O)/C=C/c2ccccc2[N+](=O)[O-])CC1. The first kappa shape index (κ1) is 15.2. The molecular formula is C15H19N3O3. The largest absolute Gasteiger partial charge is 0.337 e. The number of piperazine rings is 1. The first-order valence-corrected chi connectivity index (χ1v) is 7.04. The predicted molar refractivity (Wildman–Crippen MR) is 80.8 cm³/mol. The van der Waals surface area contributed by atoms with Crippen molar-refractivity contribution in [3.63, 3.8) is 0 Å². The van der Waals surface area contributed by atoms with Crippen LogP contribution in [0.2, 0.25) is 0 Å². The molecule has 21 heavy (non-hydrogen) atoms. The van der Waals surface area contributed by atoms with Crippen LogP contribution in [0.15, 0.2) is 30.3 Å². The molecule has 0 atom stereocenters. The molecule has 1 aliphatic rings. The fourth-order valence-corrected chi connectivity index (χ4v) is 2.35. The summed E-state index contributed by atoms with van der Waals surface area (Å²) in [6.07, 6.45) is 2.94. The van der Waals surface area contributed by atoms with Gasteiger partial charge < -0.3 is 9.80 Å². The first-order valence-electron chi connectivity index (χ1n) is 7.04. The van der Waals surface area contributed by atoms with Crippen molar-refractivity contribution in [2.24, 2.45) is 0 Å². The third-order valence-corrected chi connectivity index (χ3v) is 3.67. The smallest absolute Gasteiger partial charge is 0.276 e. The van der Waals surface area contributed by atoms with Crippen LogP contribution in [0, 0.1) is 10.1 Å².